The number of fused-ring (bicyclic) bond motifs is 1. The maximum atomic E-state index is 11.4. The Hall–Kier alpha value is -1.55. The highest BCUT2D eigenvalue weighted by atomic mass is 16.5. The Kier molecular flexibility index (Phi) is 3.10. The number of nitrogens with two attached hydrogens (primary N) is 1. The highest BCUT2D eigenvalue weighted by Gasteiger charge is 2.20. The van der Waals surface area contributed by atoms with Gasteiger partial charge in [0.1, 0.15) is 0 Å². The summed E-state index contributed by atoms with van der Waals surface area (Å²) in [5.74, 6) is 0. The fraction of sp³-hybridized carbons (Fsp3) is 0.417. The molecule has 0 aliphatic carbocycles. The first-order valence-electron chi connectivity index (χ1n) is 5.38. The number of amides is 1. The molecular formula is C12H16N2O2. The number of methoxy groups -OCH3 is 1. The van der Waals surface area contributed by atoms with Crippen LogP contribution in [0.4, 0.5) is 4.79 Å². The van der Waals surface area contributed by atoms with Gasteiger partial charge in [0, 0.05) is 19.6 Å². The van der Waals surface area contributed by atoms with Gasteiger partial charge in [0.25, 0.3) is 0 Å². The average molecular weight is 220 g/mol. The Morgan fingerprint density at radius 1 is 1.50 bits per heavy atom. The van der Waals surface area contributed by atoms with Gasteiger partial charge in [0.05, 0.1) is 7.11 Å². The molecule has 0 aromatic heterocycles. The number of hydrogen-bond acceptors (Lipinski definition) is 3. The lowest BCUT2D eigenvalue weighted by molar-refractivity contribution is 0.118. The molecule has 0 atom stereocenters. The second kappa shape index (κ2) is 4.53. The Bertz CT molecular complexity index is 404. The molecule has 1 amide bonds. The summed E-state index contributed by atoms with van der Waals surface area (Å²) in [7, 11) is 1.41. The number of ether oxygens (including phenoxy) is 1. The van der Waals surface area contributed by atoms with Gasteiger partial charge in [-0.1, -0.05) is 18.2 Å². The smallest absolute Gasteiger partial charge is 0.409 e. The lowest BCUT2D eigenvalue weighted by Gasteiger charge is -2.27. The first-order chi connectivity index (χ1) is 7.74. The van der Waals surface area contributed by atoms with Crippen LogP contribution in [0.25, 0.3) is 0 Å². The van der Waals surface area contributed by atoms with E-state index in [1.54, 1.807) is 4.90 Å². The van der Waals surface area contributed by atoms with Crippen molar-refractivity contribution < 1.29 is 9.53 Å². The third kappa shape index (κ3) is 2.02. The van der Waals surface area contributed by atoms with Gasteiger partial charge in [0.2, 0.25) is 0 Å². The van der Waals surface area contributed by atoms with Crippen LogP contribution < -0.4 is 5.73 Å². The van der Waals surface area contributed by atoms with Crippen molar-refractivity contribution in [2.45, 2.75) is 19.5 Å². The van der Waals surface area contributed by atoms with Crippen LogP contribution >= 0.6 is 0 Å². The quantitative estimate of drug-likeness (QED) is 0.775. The van der Waals surface area contributed by atoms with Crippen LogP contribution in [-0.2, 0) is 24.2 Å². The molecule has 0 spiro atoms. The first kappa shape index (κ1) is 11.0. The number of nitrogens with zero attached hydrogens (tertiary/aromatic N) is 1. The molecule has 1 aromatic carbocycles. The predicted octanol–water partition coefficient (Wildman–Crippen LogP) is 1.27. The molecule has 1 aliphatic heterocycles. The van der Waals surface area contributed by atoms with E-state index < -0.39 is 0 Å². The summed E-state index contributed by atoms with van der Waals surface area (Å²) in [5.41, 5.74) is 9.22. The minimum atomic E-state index is -0.256. The van der Waals surface area contributed by atoms with Crippen molar-refractivity contribution in [2.24, 2.45) is 5.73 Å². The van der Waals surface area contributed by atoms with E-state index in [4.69, 9.17) is 10.5 Å². The van der Waals surface area contributed by atoms with E-state index in [0.29, 0.717) is 19.6 Å². The van der Waals surface area contributed by atoms with Crippen LogP contribution in [0.5, 0.6) is 0 Å². The first-order valence-corrected chi connectivity index (χ1v) is 5.38. The third-order valence-corrected chi connectivity index (χ3v) is 2.95. The molecule has 0 unspecified atom stereocenters. The fourth-order valence-electron chi connectivity index (χ4n) is 2.02. The van der Waals surface area contributed by atoms with E-state index in [-0.39, 0.29) is 6.09 Å². The zero-order valence-electron chi connectivity index (χ0n) is 9.40. The number of carbonyl (C=O) groups is 1. The number of hydrogen-bond donors (Lipinski definition) is 1. The summed E-state index contributed by atoms with van der Waals surface area (Å²) < 4.78 is 4.72. The predicted molar refractivity (Wildman–Crippen MR) is 60.9 cm³/mol. The number of rotatable bonds is 1. The summed E-state index contributed by atoms with van der Waals surface area (Å²) in [6.07, 6.45) is 0.617. The maximum Gasteiger partial charge on any atom is 0.409 e. The second-order valence-corrected chi connectivity index (χ2v) is 3.95. The van der Waals surface area contributed by atoms with Crippen molar-refractivity contribution in [3.8, 4) is 0 Å². The van der Waals surface area contributed by atoms with Gasteiger partial charge in [-0.3, -0.25) is 0 Å². The summed E-state index contributed by atoms with van der Waals surface area (Å²) in [6.45, 7) is 1.91. The molecule has 4 nitrogen and oxygen atoms in total. The topological polar surface area (TPSA) is 55.6 Å². The molecule has 16 heavy (non-hydrogen) atoms. The van der Waals surface area contributed by atoms with Crippen molar-refractivity contribution >= 4 is 6.09 Å². The van der Waals surface area contributed by atoms with Crippen LogP contribution in [0.3, 0.4) is 0 Å². The zero-order chi connectivity index (χ0) is 11.5. The van der Waals surface area contributed by atoms with Gasteiger partial charge in [-0.15, -0.1) is 0 Å². The van der Waals surface area contributed by atoms with E-state index in [1.807, 2.05) is 12.1 Å². The third-order valence-electron chi connectivity index (χ3n) is 2.95. The van der Waals surface area contributed by atoms with Crippen molar-refractivity contribution in [1.82, 2.24) is 4.90 Å². The molecule has 2 N–H and O–H groups in total. The molecule has 0 saturated carbocycles. The summed E-state index contributed by atoms with van der Waals surface area (Å²) in [6, 6.07) is 6.19. The number of benzene rings is 1. The summed E-state index contributed by atoms with van der Waals surface area (Å²) in [5, 5.41) is 0. The standard InChI is InChI=1S/C12H16N2O2/c1-16-12(15)14-5-4-10-6-9(7-13)2-3-11(10)8-14/h2-3,6H,4-5,7-8,13H2,1H3. The van der Waals surface area contributed by atoms with Crippen LogP contribution in [0.1, 0.15) is 16.7 Å². The van der Waals surface area contributed by atoms with Gasteiger partial charge < -0.3 is 15.4 Å². The highest BCUT2D eigenvalue weighted by molar-refractivity contribution is 5.68. The molecule has 2 rings (SSSR count). The van der Waals surface area contributed by atoms with E-state index in [9.17, 15) is 4.79 Å². The second-order valence-electron chi connectivity index (χ2n) is 3.95. The molecule has 86 valence electrons. The maximum absolute atomic E-state index is 11.4. The summed E-state index contributed by atoms with van der Waals surface area (Å²) >= 11 is 0. The molecule has 1 aliphatic rings. The van der Waals surface area contributed by atoms with E-state index in [2.05, 4.69) is 6.07 Å². The molecular weight excluding hydrogens is 204 g/mol. The van der Waals surface area contributed by atoms with E-state index >= 15 is 0 Å². The van der Waals surface area contributed by atoms with Gasteiger partial charge in [0.15, 0.2) is 0 Å². The van der Waals surface area contributed by atoms with Gasteiger partial charge in [-0.2, -0.15) is 0 Å². The minimum Gasteiger partial charge on any atom is -0.453 e. The molecule has 0 saturated heterocycles. The van der Waals surface area contributed by atoms with Gasteiger partial charge in [-0.25, -0.2) is 4.79 Å². The van der Waals surface area contributed by atoms with Crippen LogP contribution in [0.15, 0.2) is 18.2 Å². The molecule has 1 aromatic rings. The monoisotopic (exact) mass is 220 g/mol. The molecule has 0 radical (unpaired) electrons. The van der Waals surface area contributed by atoms with Crippen molar-refractivity contribution in [3.05, 3.63) is 34.9 Å². The number of carbonyl (C=O) groups excluding carboxylic acids is 1. The Morgan fingerprint density at radius 2 is 2.31 bits per heavy atom. The van der Waals surface area contributed by atoms with Gasteiger partial charge in [-0.05, 0) is 23.1 Å². The summed E-state index contributed by atoms with van der Waals surface area (Å²) in [4.78, 5) is 13.1. The van der Waals surface area contributed by atoms with E-state index in [0.717, 1.165) is 12.0 Å². The largest absolute Gasteiger partial charge is 0.453 e. The zero-order valence-corrected chi connectivity index (χ0v) is 9.40. The van der Waals surface area contributed by atoms with Crippen LogP contribution in [-0.4, -0.2) is 24.6 Å². The van der Waals surface area contributed by atoms with E-state index in [1.165, 1.54) is 18.2 Å². The lowest BCUT2D eigenvalue weighted by Crippen LogP contribution is -2.35. The lowest BCUT2D eigenvalue weighted by atomic mass is 9.97. The highest BCUT2D eigenvalue weighted by Crippen LogP contribution is 2.20. The van der Waals surface area contributed by atoms with Crippen molar-refractivity contribution in [3.63, 3.8) is 0 Å². The fourth-order valence-corrected chi connectivity index (χ4v) is 2.02. The Morgan fingerprint density at radius 3 is 3.00 bits per heavy atom. The molecule has 0 fully saturated rings. The molecule has 0 bridgehead atoms. The van der Waals surface area contributed by atoms with Gasteiger partial charge >= 0.3 is 6.09 Å². The van der Waals surface area contributed by atoms with Crippen LogP contribution in [0.2, 0.25) is 0 Å². The molecule has 1 heterocycles. The SMILES string of the molecule is COC(=O)N1CCc2cc(CN)ccc2C1. The minimum absolute atomic E-state index is 0.256. The van der Waals surface area contributed by atoms with Crippen molar-refractivity contribution in [2.75, 3.05) is 13.7 Å². The Labute approximate surface area is 95.0 Å². The normalized spacial score (nSPS) is 14.5. The molecule has 4 heteroatoms. The van der Waals surface area contributed by atoms with Crippen LogP contribution in [0, 0.1) is 0 Å². The Balaban J connectivity index is 2.18. The average Bonchev–Trinajstić information content (AvgIpc) is 2.36. The van der Waals surface area contributed by atoms with Crippen molar-refractivity contribution in [1.29, 1.82) is 0 Å².